The molecule has 1 heterocycles. The van der Waals surface area contributed by atoms with Gasteiger partial charge in [0.05, 0.1) is 0 Å². The quantitative estimate of drug-likeness (QED) is 0.884. The maximum atomic E-state index is 3.83. The Morgan fingerprint density at radius 1 is 1.32 bits per heavy atom. The molecular formula is C17H25NS. The molecule has 1 N–H and O–H groups in total. The maximum absolute atomic E-state index is 3.83. The van der Waals surface area contributed by atoms with Crippen molar-refractivity contribution in [2.24, 2.45) is 5.41 Å². The van der Waals surface area contributed by atoms with Crippen LogP contribution in [-0.4, -0.2) is 17.8 Å². The molecule has 1 aliphatic carbocycles. The van der Waals surface area contributed by atoms with E-state index in [0.29, 0.717) is 5.41 Å². The average molecular weight is 275 g/mol. The molecule has 1 fully saturated rings. The Kier molecular flexibility index (Phi) is 3.91. The summed E-state index contributed by atoms with van der Waals surface area (Å²) in [6, 6.07) is 9.62. The van der Waals surface area contributed by atoms with E-state index < -0.39 is 0 Å². The molecular weight excluding hydrogens is 250 g/mol. The van der Waals surface area contributed by atoms with Gasteiger partial charge < -0.3 is 5.32 Å². The van der Waals surface area contributed by atoms with Gasteiger partial charge in [-0.2, -0.15) is 0 Å². The molecule has 19 heavy (non-hydrogen) atoms. The van der Waals surface area contributed by atoms with E-state index in [9.17, 15) is 0 Å². The lowest BCUT2D eigenvalue weighted by molar-refractivity contribution is 0.199. The Labute approximate surface area is 121 Å². The molecule has 1 aromatic carbocycles. The lowest BCUT2D eigenvalue weighted by atomic mass is 9.75. The first-order valence-electron chi connectivity index (χ1n) is 7.60. The molecule has 0 saturated heterocycles. The van der Waals surface area contributed by atoms with E-state index in [1.165, 1.54) is 43.5 Å². The second kappa shape index (κ2) is 5.49. The van der Waals surface area contributed by atoms with Crippen LogP contribution in [0.1, 0.15) is 45.1 Å². The monoisotopic (exact) mass is 275 g/mol. The van der Waals surface area contributed by atoms with Gasteiger partial charge >= 0.3 is 0 Å². The molecule has 2 heteroatoms. The summed E-state index contributed by atoms with van der Waals surface area (Å²) < 4.78 is 0. The normalized spacial score (nSPS) is 29.2. The van der Waals surface area contributed by atoms with Crippen molar-refractivity contribution in [1.29, 1.82) is 0 Å². The van der Waals surface area contributed by atoms with Crippen LogP contribution in [0, 0.1) is 5.41 Å². The first kappa shape index (κ1) is 13.5. The van der Waals surface area contributed by atoms with Crippen LogP contribution < -0.4 is 5.32 Å². The number of benzene rings is 1. The molecule has 3 rings (SSSR count). The molecule has 104 valence electrons. The van der Waals surface area contributed by atoms with Crippen molar-refractivity contribution >= 4 is 11.8 Å². The van der Waals surface area contributed by atoms with Gasteiger partial charge in [0.1, 0.15) is 0 Å². The molecule has 0 bridgehead atoms. The predicted octanol–water partition coefficient (Wildman–Crippen LogP) is 4.26. The van der Waals surface area contributed by atoms with E-state index in [4.69, 9.17) is 0 Å². The number of rotatable bonds is 3. The van der Waals surface area contributed by atoms with Crippen LogP contribution in [0.2, 0.25) is 0 Å². The zero-order valence-electron chi connectivity index (χ0n) is 12.1. The van der Waals surface area contributed by atoms with E-state index in [2.05, 4.69) is 55.2 Å². The summed E-state index contributed by atoms with van der Waals surface area (Å²) >= 11 is 2.06. The molecule has 1 aliphatic heterocycles. The van der Waals surface area contributed by atoms with Gasteiger partial charge in [0.2, 0.25) is 0 Å². The van der Waals surface area contributed by atoms with E-state index >= 15 is 0 Å². The van der Waals surface area contributed by atoms with E-state index in [0.717, 1.165) is 11.3 Å². The fraction of sp³-hybridized carbons (Fsp3) is 0.647. The topological polar surface area (TPSA) is 12.0 Å². The Balaban J connectivity index is 1.49. The maximum Gasteiger partial charge on any atom is 0.0260 e. The minimum Gasteiger partial charge on any atom is -0.313 e. The van der Waals surface area contributed by atoms with Gasteiger partial charge in [0.25, 0.3) is 0 Å². The summed E-state index contributed by atoms with van der Waals surface area (Å²) in [6.45, 7) is 6.00. The molecule has 0 radical (unpaired) electrons. The Hall–Kier alpha value is -0.470. The molecule has 2 atom stereocenters. The third kappa shape index (κ3) is 3.35. The molecule has 1 saturated carbocycles. The van der Waals surface area contributed by atoms with Crippen molar-refractivity contribution < 1.29 is 0 Å². The van der Waals surface area contributed by atoms with Crippen LogP contribution in [0.15, 0.2) is 29.2 Å². The highest BCUT2D eigenvalue weighted by Gasteiger charge is 2.29. The summed E-state index contributed by atoms with van der Waals surface area (Å²) in [5, 5.41) is 4.57. The predicted molar refractivity (Wildman–Crippen MR) is 83.8 cm³/mol. The summed E-state index contributed by atoms with van der Waals surface area (Å²) in [7, 11) is 0. The standard InChI is InChI=1S/C17H25NS/c1-17(2)9-5-7-14(11-17)18-12-15-10-13-6-3-4-8-16(13)19-15/h3-4,6,8,14-15,18H,5,7,9-12H2,1-2H3. The SMILES string of the molecule is CC1(C)CCCC(NCC2Cc3ccccc3S2)C1. The largest absolute Gasteiger partial charge is 0.313 e. The minimum atomic E-state index is 0.543. The van der Waals surface area contributed by atoms with Crippen molar-refractivity contribution in [3.05, 3.63) is 29.8 Å². The third-order valence-corrected chi connectivity index (χ3v) is 5.87. The second-order valence-electron chi connectivity index (χ2n) is 6.92. The lowest BCUT2D eigenvalue weighted by Crippen LogP contribution is -2.40. The summed E-state index contributed by atoms with van der Waals surface area (Å²) in [4.78, 5) is 1.50. The van der Waals surface area contributed by atoms with Gasteiger partial charge in [0, 0.05) is 22.7 Å². The van der Waals surface area contributed by atoms with Gasteiger partial charge in [-0.1, -0.05) is 38.5 Å². The minimum absolute atomic E-state index is 0.543. The highest BCUT2D eigenvalue weighted by molar-refractivity contribution is 8.00. The molecule has 1 aromatic rings. The van der Waals surface area contributed by atoms with Crippen molar-refractivity contribution in [3.8, 4) is 0 Å². The Morgan fingerprint density at radius 2 is 2.16 bits per heavy atom. The number of thioether (sulfide) groups is 1. The van der Waals surface area contributed by atoms with E-state index in [-0.39, 0.29) is 0 Å². The Bertz CT molecular complexity index is 416. The van der Waals surface area contributed by atoms with E-state index in [1.807, 2.05) is 0 Å². The van der Waals surface area contributed by atoms with Gasteiger partial charge in [-0.05, 0) is 42.7 Å². The van der Waals surface area contributed by atoms with Gasteiger partial charge in [-0.15, -0.1) is 11.8 Å². The lowest BCUT2D eigenvalue weighted by Gasteiger charge is -2.36. The molecule has 0 amide bonds. The number of hydrogen-bond donors (Lipinski definition) is 1. The number of fused-ring (bicyclic) bond motifs is 1. The summed E-state index contributed by atoms with van der Waals surface area (Å²) in [5.41, 5.74) is 2.09. The average Bonchev–Trinajstić information content (AvgIpc) is 2.78. The van der Waals surface area contributed by atoms with Crippen molar-refractivity contribution in [1.82, 2.24) is 5.32 Å². The van der Waals surface area contributed by atoms with E-state index in [1.54, 1.807) is 5.56 Å². The molecule has 2 aliphatic rings. The van der Waals surface area contributed by atoms with Crippen LogP contribution in [-0.2, 0) is 6.42 Å². The van der Waals surface area contributed by atoms with Crippen LogP contribution in [0.5, 0.6) is 0 Å². The first-order chi connectivity index (χ1) is 9.12. The number of hydrogen-bond acceptors (Lipinski definition) is 2. The fourth-order valence-corrected chi connectivity index (χ4v) is 4.80. The smallest absolute Gasteiger partial charge is 0.0260 e. The van der Waals surface area contributed by atoms with Crippen LogP contribution >= 0.6 is 11.8 Å². The summed E-state index contributed by atoms with van der Waals surface area (Å²) in [5.74, 6) is 0. The first-order valence-corrected chi connectivity index (χ1v) is 8.48. The Morgan fingerprint density at radius 3 is 2.95 bits per heavy atom. The van der Waals surface area contributed by atoms with Crippen molar-refractivity contribution in [3.63, 3.8) is 0 Å². The molecule has 0 aromatic heterocycles. The zero-order chi connectivity index (χ0) is 13.3. The molecule has 0 spiro atoms. The molecule has 1 nitrogen and oxygen atoms in total. The summed E-state index contributed by atoms with van der Waals surface area (Å²) in [6.07, 6.45) is 6.74. The highest BCUT2D eigenvalue weighted by Crippen LogP contribution is 2.38. The van der Waals surface area contributed by atoms with Gasteiger partial charge in [-0.25, -0.2) is 0 Å². The second-order valence-corrected chi connectivity index (χ2v) is 8.26. The fourth-order valence-electron chi connectivity index (χ4n) is 3.54. The van der Waals surface area contributed by atoms with Gasteiger partial charge in [0.15, 0.2) is 0 Å². The van der Waals surface area contributed by atoms with Crippen LogP contribution in [0.25, 0.3) is 0 Å². The van der Waals surface area contributed by atoms with Crippen LogP contribution in [0.3, 0.4) is 0 Å². The van der Waals surface area contributed by atoms with Crippen molar-refractivity contribution in [2.75, 3.05) is 6.54 Å². The van der Waals surface area contributed by atoms with Crippen molar-refractivity contribution in [2.45, 2.75) is 62.1 Å². The molecule has 2 unspecified atom stereocenters. The zero-order valence-corrected chi connectivity index (χ0v) is 12.9. The third-order valence-electron chi connectivity index (χ3n) is 4.55. The van der Waals surface area contributed by atoms with Crippen LogP contribution in [0.4, 0.5) is 0 Å². The number of nitrogens with one attached hydrogen (secondary N) is 1. The van der Waals surface area contributed by atoms with Gasteiger partial charge in [-0.3, -0.25) is 0 Å². The highest BCUT2D eigenvalue weighted by atomic mass is 32.2.